The molecule has 0 atom stereocenters. The predicted molar refractivity (Wildman–Crippen MR) is 253 cm³/mol. The van der Waals surface area contributed by atoms with Gasteiger partial charge in [-0.2, -0.15) is 12.6 Å². The van der Waals surface area contributed by atoms with Crippen molar-refractivity contribution < 1.29 is 85.3 Å². The fourth-order valence-corrected chi connectivity index (χ4v) is 5.58. The van der Waals surface area contributed by atoms with Gasteiger partial charge in [0.2, 0.25) is 5.91 Å². The van der Waals surface area contributed by atoms with E-state index in [2.05, 4.69) is 17.9 Å². The molecule has 0 fully saturated rings. The van der Waals surface area contributed by atoms with Crippen LogP contribution in [0.4, 0.5) is 0 Å². The first-order chi connectivity index (χ1) is 32.8. The van der Waals surface area contributed by atoms with Crippen molar-refractivity contribution in [1.82, 2.24) is 5.32 Å². The van der Waals surface area contributed by atoms with Crippen LogP contribution in [0, 0.1) is 0 Å². The van der Waals surface area contributed by atoms with Crippen LogP contribution in [0.5, 0.6) is 0 Å². The van der Waals surface area contributed by atoms with Gasteiger partial charge in [-0.3, -0.25) is 4.79 Å². The highest BCUT2D eigenvalue weighted by Crippen LogP contribution is 2.10. The largest absolute Gasteiger partial charge is 0.382 e. The molecule has 0 unspecified atom stereocenters. The summed E-state index contributed by atoms with van der Waals surface area (Å²) in [7, 11) is 1.64. The number of ether oxygens (including phenoxy) is 17. The first-order valence-corrected chi connectivity index (χ1v) is 25.0. The summed E-state index contributed by atoms with van der Waals surface area (Å²) in [6.07, 6.45) is 10.2. The van der Waals surface area contributed by atoms with Crippen LogP contribution in [0.15, 0.2) is 0 Å². The fraction of sp³-hybridized carbons (Fsp3) is 0.978. The standard InChI is InChI=1S/C46H93NO18S/c1-49-13-14-51-17-18-53-21-22-55-25-26-57-29-30-59-33-34-61-37-38-63-41-42-65-44-43-64-40-39-62-36-35-60-32-31-58-28-27-56-24-23-54-20-19-52-16-15-50-12-11-47-46(48)10-8-6-4-2-3-5-7-9-45-66/h66H,2-45H2,1H3,(H,47,48). The number of carbonyl (C=O) groups excluding carboxylic acids is 1. The lowest BCUT2D eigenvalue weighted by molar-refractivity contribution is -0.121. The van der Waals surface area contributed by atoms with E-state index in [9.17, 15) is 4.79 Å². The van der Waals surface area contributed by atoms with Gasteiger partial charge in [0.25, 0.3) is 0 Å². The Morgan fingerprint density at radius 2 is 0.485 bits per heavy atom. The van der Waals surface area contributed by atoms with Crippen molar-refractivity contribution in [3.63, 3.8) is 0 Å². The van der Waals surface area contributed by atoms with Crippen LogP contribution in [-0.2, 0) is 85.3 Å². The number of nitrogens with one attached hydrogen (secondary N) is 1. The number of rotatable bonds is 61. The summed E-state index contributed by atoms with van der Waals surface area (Å²) in [5.41, 5.74) is 0. The summed E-state index contributed by atoms with van der Waals surface area (Å²) in [5.74, 6) is 1.09. The fourth-order valence-electron chi connectivity index (χ4n) is 5.35. The van der Waals surface area contributed by atoms with Crippen molar-refractivity contribution in [2.75, 3.05) is 237 Å². The second-order valence-electron chi connectivity index (χ2n) is 14.4. The van der Waals surface area contributed by atoms with Crippen LogP contribution in [0.3, 0.4) is 0 Å². The molecule has 19 nitrogen and oxygen atoms in total. The van der Waals surface area contributed by atoms with Gasteiger partial charge in [-0.1, -0.05) is 38.5 Å². The summed E-state index contributed by atoms with van der Waals surface area (Å²) in [6.45, 7) is 17.2. The van der Waals surface area contributed by atoms with Crippen molar-refractivity contribution >= 4 is 18.5 Å². The van der Waals surface area contributed by atoms with Gasteiger partial charge in [0.1, 0.15) is 0 Å². The van der Waals surface area contributed by atoms with E-state index in [-0.39, 0.29) is 5.91 Å². The van der Waals surface area contributed by atoms with Gasteiger partial charge >= 0.3 is 0 Å². The number of thiol groups is 1. The predicted octanol–water partition coefficient (Wildman–Crippen LogP) is 3.46. The van der Waals surface area contributed by atoms with E-state index in [0.717, 1.165) is 18.6 Å². The second kappa shape index (κ2) is 62.2. The molecule has 0 bridgehead atoms. The van der Waals surface area contributed by atoms with E-state index in [0.29, 0.717) is 231 Å². The molecule has 0 aromatic rings. The zero-order chi connectivity index (χ0) is 47.4. The number of methoxy groups -OCH3 is 1. The first kappa shape index (κ1) is 65.1. The van der Waals surface area contributed by atoms with Gasteiger partial charge in [-0.05, 0) is 18.6 Å². The monoisotopic (exact) mass is 980 g/mol. The van der Waals surface area contributed by atoms with E-state index >= 15 is 0 Å². The van der Waals surface area contributed by atoms with Crippen LogP contribution >= 0.6 is 12.6 Å². The molecule has 0 saturated heterocycles. The number of hydrogen-bond donors (Lipinski definition) is 2. The summed E-state index contributed by atoms with van der Waals surface area (Å²) in [5, 5.41) is 2.91. The van der Waals surface area contributed by atoms with Crippen molar-refractivity contribution in [1.29, 1.82) is 0 Å². The Balaban J connectivity index is 3.10. The minimum absolute atomic E-state index is 0.101. The van der Waals surface area contributed by atoms with Gasteiger partial charge in [-0.15, -0.1) is 0 Å². The third-order valence-electron chi connectivity index (χ3n) is 8.89. The maximum Gasteiger partial charge on any atom is 0.220 e. The van der Waals surface area contributed by atoms with E-state index in [1.54, 1.807) is 7.11 Å². The average Bonchev–Trinajstić information content (AvgIpc) is 3.32. The highest BCUT2D eigenvalue weighted by molar-refractivity contribution is 7.80. The molecular weight excluding hydrogens is 887 g/mol. The molecular formula is C46H93NO18S. The smallest absolute Gasteiger partial charge is 0.220 e. The SMILES string of the molecule is COCCOCCOCCOCCOCCOCCOCCOCCOCCOCCOCCOCCOCCOCCOCCOCCOCCNC(=O)CCCCCCCCCCS. The number of hydrogen-bond acceptors (Lipinski definition) is 19. The molecule has 66 heavy (non-hydrogen) atoms. The molecule has 0 aliphatic carbocycles. The Morgan fingerprint density at radius 3 is 0.712 bits per heavy atom. The summed E-state index contributed by atoms with van der Waals surface area (Å²) < 4.78 is 92.7. The number of amides is 1. The van der Waals surface area contributed by atoms with Gasteiger partial charge < -0.3 is 85.8 Å². The van der Waals surface area contributed by atoms with Crippen LogP contribution in [0.25, 0.3) is 0 Å². The van der Waals surface area contributed by atoms with Gasteiger partial charge in [0.05, 0.1) is 218 Å². The highest BCUT2D eigenvalue weighted by Gasteiger charge is 2.02. The molecule has 0 aliphatic heterocycles. The van der Waals surface area contributed by atoms with Gasteiger partial charge in [0.15, 0.2) is 0 Å². The second-order valence-corrected chi connectivity index (χ2v) is 14.9. The lowest BCUT2D eigenvalue weighted by atomic mass is 10.1. The molecule has 0 aromatic heterocycles. The van der Waals surface area contributed by atoms with E-state index < -0.39 is 0 Å². The molecule has 0 heterocycles. The molecule has 0 saturated carbocycles. The lowest BCUT2D eigenvalue weighted by Gasteiger charge is -2.09. The topological polar surface area (TPSA) is 186 Å². The van der Waals surface area contributed by atoms with Crippen molar-refractivity contribution in [2.45, 2.75) is 57.8 Å². The van der Waals surface area contributed by atoms with Crippen LogP contribution in [-0.4, -0.2) is 243 Å². The Hall–Kier alpha value is -0.860. The minimum atomic E-state index is 0.101. The molecule has 1 N–H and O–H groups in total. The maximum absolute atomic E-state index is 11.9. The maximum atomic E-state index is 11.9. The minimum Gasteiger partial charge on any atom is -0.382 e. The summed E-state index contributed by atoms with van der Waals surface area (Å²) >= 11 is 4.24. The third-order valence-corrected chi connectivity index (χ3v) is 9.21. The highest BCUT2D eigenvalue weighted by atomic mass is 32.1. The molecule has 0 radical (unpaired) electrons. The van der Waals surface area contributed by atoms with Crippen molar-refractivity contribution in [3.8, 4) is 0 Å². The zero-order valence-electron chi connectivity index (χ0n) is 40.9. The zero-order valence-corrected chi connectivity index (χ0v) is 41.8. The summed E-state index contributed by atoms with van der Waals surface area (Å²) in [6, 6.07) is 0. The van der Waals surface area contributed by atoms with Crippen LogP contribution in [0.2, 0.25) is 0 Å². The molecule has 20 heteroatoms. The van der Waals surface area contributed by atoms with Crippen molar-refractivity contribution in [3.05, 3.63) is 0 Å². The molecule has 1 amide bonds. The molecule has 0 spiro atoms. The normalized spacial score (nSPS) is 11.6. The Morgan fingerprint density at radius 1 is 0.288 bits per heavy atom. The molecule has 0 aliphatic rings. The van der Waals surface area contributed by atoms with E-state index in [1.807, 2.05) is 0 Å². The summed E-state index contributed by atoms with van der Waals surface area (Å²) in [4.78, 5) is 11.9. The average molecular weight is 980 g/mol. The lowest BCUT2D eigenvalue weighted by Crippen LogP contribution is -2.27. The van der Waals surface area contributed by atoms with Crippen LogP contribution in [0.1, 0.15) is 57.8 Å². The van der Waals surface area contributed by atoms with Crippen LogP contribution < -0.4 is 5.32 Å². The van der Waals surface area contributed by atoms with Crippen molar-refractivity contribution in [2.24, 2.45) is 0 Å². The first-order valence-electron chi connectivity index (χ1n) is 24.4. The van der Waals surface area contributed by atoms with Gasteiger partial charge in [-0.25, -0.2) is 0 Å². The third kappa shape index (κ3) is 61.2. The number of unbranched alkanes of at least 4 members (excludes halogenated alkanes) is 7. The molecule has 0 rings (SSSR count). The molecule has 0 aromatic carbocycles. The van der Waals surface area contributed by atoms with E-state index in [1.165, 1.54) is 38.5 Å². The van der Waals surface area contributed by atoms with Gasteiger partial charge in [0, 0.05) is 20.1 Å². The Bertz CT molecular complexity index is 894. The molecule has 396 valence electrons. The quantitative estimate of drug-likeness (QED) is 0.0667. The van der Waals surface area contributed by atoms with E-state index in [4.69, 9.17) is 80.5 Å². The Kier molecular flexibility index (Phi) is 61.3. The number of carbonyl (C=O) groups is 1. The Labute approximate surface area is 403 Å².